The number of nitrogens with zero attached hydrogens (tertiary/aromatic N) is 4. The van der Waals surface area contributed by atoms with Crippen molar-refractivity contribution in [3.63, 3.8) is 0 Å². The Kier molecular flexibility index (Phi) is 9.71. The van der Waals surface area contributed by atoms with Crippen LogP contribution in [0, 0.1) is 5.82 Å². The highest BCUT2D eigenvalue weighted by atomic mass is 32.2. The SMILES string of the molecule is NNC(=O)c1ccc(CN(C(=O)N2CCS(=O)(=O)CC2)c2ccc(CN3CCN(Cc4ccccc4)CC3)cc2)c(F)c1. The van der Waals surface area contributed by atoms with Crippen LogP contribution < -0.4 is 16.2 Å². The van der Waals surface area contributed by atoms with Gasteiger partial charge in [0.25, 0.3) is 5.91 Å². The monoisotopic (exact) mass is 608 g/mol. The highest BCUT2D eigenvalue weighted by Gasteiger charge is 2.30. The van der Waals surface area contributed by atoms with Crippen LogP contribution in [0.1, 0.15) is 27.0 Å². The van der Waals surface area contributed by atoms with E-state index in [-0.39, 0.29) is 42.3 Å². The molecule has 12 heteroatoms. The van der Waals surface area contributed by atoms with Gasteiger partial charge in [-0.1, -0.05) is 48.5 Å². The smallest absolute Gasteiger partial charge is 0.322 e. The maximum Gasteiger partial charge on any atom is 0.324 e. The number of sulfone groups is 1. The van der Waals surface area contributed by atoms with Crippen molar-refractivity contribution in [2.24, 2.45) is 5.84 Å². The molecule has 3 aromatic carbocycles. The van der Waals surface area contributed by atoms with Crippen LogP contribution >= 0.6 is 0 Å². The van der Waals surface area contributed by atoms with Gasteiger partial charge in [-0.05, 0) is 35.4 Å². The molecular weight excluding hydrogens is 571 g/mol. The quantitative estimate of drug-likeness (QED) is 0.229. The van der Waals surface area contributed by atoms with Gasteiger partial charge in [0.1, 0.15) is 5.82 Å². The second kappa shape index (κ2) is 13.6. The first-order chi connectivity index (χ1) is 20.7. The molecular formula is C31H37FN6O4S. The molecule has 0 bridgehead atoms. The summed E-state index contributed by atoms with van der Waals surface area (Å²) in [6.45, 7) is 5.64. The van der Waals surface area contributed by atoms with E-state index in [1.807, 2.05) is 35.8 Å². The van der Waals surface area contributed by atoms with Crippen LogP contribution in [0.25, 0.3) is 0 Å². The van der Waals surface area contributed by atoms with Crippen molar-refractivity contribution in [1.29, 1.82) is 0 Å². The van der Waals surface area contributed by atoms with Gasteiger partial charge in [0.05, 0.1) is 18.1 Å². The van der Waals surface area contributed by atoms with Gasteiger partial charge < -0.3 is 4.90 Å². The van der Waals surface area contributed by atoms with Gasteiger partial charge in [-0.3, -0.25) is 24.9 Å². The first kappa shape index (κ1) is 30.6. The van der Waals surface area contributed by atoms with Crippen molar-refractivity contribution in [3.05, 3.63) is 101 Å². The fraction of sp³-hybridized carbons (Fsp3) is 0.355. The van der Waals surface area contributed by atoms with E-state index in [1.165, 1.54) is 27.5 Å². The van der Waals surface area contributed by atoms with Crippen LogP contribution in [0.4, 0.5) is 14.9 Å². The highest BCUT2D eigenvalue weighted by Crippen LogP contribution is 2.24. The molecule has 2 heterocycles. The Morgan fingerprint density at radius 2 is 1.40 bits per heavy atom. The molecule has 0 atom stereocenters. The Labute approximate surface area is 251 Å². The number of nitrogen functional groups attached to an aromatic ring is 1. The molecule has 3 amide bonds. The lowest BCUT2D eigenvalue weighted by Crippen LogP contribution is -2.49. The number of nitrogens with two attached hydrogens (primary N) is 1. The Hall–Kier alpha value is -3.84. The molecule has 3 N–H and O–H groups in total. The Balaban J connectivity index is 1.27. The Morgan fingerprint density at radius 3 is 1.95 bits per heavy atom. The normalized spacial score (nSPS) is 17.4. The Bertz CT molecular complexity index is 1520. The average Bonchev–Trinajstić information content (AvgIpc) is 3.02. The van der Waals surface area contributed by atoms with E-state index in [0.29, 0.717) is 5.69 Å². The summed E-state index contributed by atoms with van der Waals surface area (Å²) < 4.78 is 39.0. The topological polar surface area (TPSA) is 119 Å². The van der Waals surface area contributed by atoms with E-state index in [0.717, 1.165) is 50.9 Å². The van der Waals surface area contributed by atoms with Crippen molar-refractivity contribution in [3.8, 4) is 0 Å². The number of carbonyl (C=O) groups excluding carboxylic acids is 2. The minimum Gasteiger partial charge on any atom is -0.322 e. The van der Waals surface area contributed by atoms with Gasteiger partial charge in [-0.2, -0.15) is 0 Å². The number of rotatable bonds is 8. The maximum atomic E-state index is 15.0. The molecule has 5 rings (SSSR count). The number of carbonyl (C=O) groups is 2. The fourth-order valence-corrected chi connectivity index (χ4v) is 6.60. The predicted molar refractivity (Wildman–Crippen MR) is 163 cm³/mol. The number of piperazine rings is 1. The third-order valence-electron chi connectivity index (χ3n) is 7.99. The van der Waals surface area contributed by atoms with Crippen LogP contribution in [-0.4, -0.2) is 85.8 Å². The third-order valence-corrected chi connectivity index (χ3v) is 9.60. The van der Waals surface area contributed by atoms with Gasteiger partial charge in [-0.25, -0.2) is 23.4 Å². The largest absolute Gasteiger partial charge is 0.324 e. The van der Waals surface area contributed by atoms with Crippen LogP contribution in [0.3, 0.4) is 0 Å². The van der Waals surface area contributed by atoms with E-state index in [9.17, 15) is 18.0 Å². The number of benzene rings is 3. The zero-order valence-electron chi connectivity index (χ0n) is 24.0. The van der Waals surface area contributed by atoms with Gasteiger partial charge in [0.15, 0.2) is 9.84 Å². The van der Waals surface area contributed by atoms with Gasteiger partial charge >= 0.3 is 6.03 Å². The summed E-state index contributed by atoms with van der Waals surface area (Å²) in [4.78, 5) is 33.3. The average molecular weight is 609 g/mol. The molecule has 2 aliphatic rings. The summed E-state index contributed by atoms with van der Waals surface area (Å²) in [6, 6.07) is 21.7. The van der Waals surface area contributed by atoms with Crippen molar-refractivity contribution in [1.82, 2.24) is 20.1 Å². The fourth-order valence-electron chi connectivity index (χ4n) is 5.40. The molecule has 2 fully saturated rings. The number of urea groups is 1. The van der Waals surface area contributed by atoms with Crippen molar-refractivity contribution < 1.29 is 22.4 Å². The summed E-state index contributed by atoms with van der Waals surface area (Å²) >= 11 is 0. The minimum atomic E-state index is -3.19. The van der Waals surface area contributed by atoms with Crippen LogP contribution in [0.5, 0.6) is 0 Å². The molecule has 43 heavy (non-hydrogen) atoms. The van der Waals surface area contributed by atoms with Crippen LogP contribution in [-0.2, 0) is 29.5 Å². The van der Waals surface area contributed by atoms with Crippen LogP contribution in [0.2, 0.25) is 0 Å². The third kappa shape index (κ3) is 7.96. The van der Waals surface area contributed by atoms with E-state index >= 15 is 4.39 Å². The molecule has 2 saturated heterocycles. The minimum absolute atomic E-state index is 0.0631. The first-order valence-electron chi connectivity index (χ1n) is 14.3. The second-order valence-corrected chi connectivity index (χ2v) is 13.3. The van der Waals surface area contributed by atoms with Crippen molar-refractivity contribution in [2.45, 2.75) is 19.6 Å². The molecule has 0 saturated carbocycles. The molecule has 0 aliphatic carbocycles. The van der Waals surface area contributed by atoms with Crippen LogP contribution in [0.15, 0.2) is 72.8 Å². The highest BCUT2D eigenvalue weighted by molar-refractivity contribution is 7.91. The summed E-state index contributed by atoms with van der Waals surface area (Å²) in [5.41, 5.74) is 5.23. The standard InChI is InChI=1S/C31H37FN6O4S/c32-29-20-26(30(39)34-33)8-9-27(29)23-38(31(40)37-16-18-43(41,42)19-17-37)28-10-6-25(7-11-28)22-36-14-12-35(13-15-36)21-24-4-2-1-3-5-24/h1-11,20H,12-19,21-23,33H2,(H,34,39). The van der Waals surface area contributed by atoms with E-state index < -0.39 is 27.6 Å². The second-order valence-electron chi connectivity index (χ2n) is 11.0. The molecule has 228 valence electrons. The van der Waals surface area contributed by atoms with Crippen molar-refractivity contribution >= 4 is 27.5 Å². The lowest BCUT2D eigenvalue weighted by atomic mass is 10.1. The van der Waals surface area contributed by atoms with Gasteiger partial charge in [0, 0.05) is 69.2 Å². The lowest BCUT2D eigenvalue weighted by molar-refractivity contribution is 0.0953. The maximum absolute atomic E-state index is 15.0. The molecule has 0 unspecified atom stereocenters. The van der Waals surface area contributed by atoms with E-state index in [1.54, 1.807) is 0 Å². The van der Waals surface area contributed by atoms with Crippen molar-refractivity contribution in [2.75, 3.05) is 55.7 Å². The number of anilines is 1. The summed E-state index contributed by atoms with van der Waals surface area (Å²) in [5.74, 6) is 3.67. The molecule has 2 aliphatic heterocycles. The Morgan fingerprint density at radius 1 is 0.814 bits per heavy atom. The number of halogens is 1. The summed E-state index contributed by atoms with van der Waals surface area (Å²) in [6.07, 6.45) is 0. The van der Waals surface area contributed by atoms with Gasteiger partial charge in [-0.15, -0.1) is 0 Å². The zero-order valence-corrected chi connectivity index (χ0v) is 24.8. The summed E-state index contributed by atoms with van der Waals surface area (Å²) in [5, 5.41) is 0. The van der Waals surface area contributed by atoms with E-state index in [2.05, 4.69) is 34.1 Å². The molecule has 0 aromatic heterocycles. The van der Waals surface area contributed by atoms with E-state index in [4.69, 9.17) is 5.84 Å². The molecule has 0 spiro atoms. The first-order valence-corrected chi connectivity index (χ1v) is 16.2. The number of nitrogens with one attached hydrogen (secondary N) is 1. The van der Waals surface area contributed by atoms with Gasteiger partial charge in [0.2, 0.25) is 0 Å². The molecule has 0 radical (unpaired) electrons. The predicted octanol–water partition coefficient (Wildman–Crippen LogP) is 2.60. The zero-order chi connectivity index (χ0) is 30.4. The lowest BCUT2D eigenvalue weighted by Gasteiger charge is -2.35. The number of hydrazine groups is 1. The number of hydrogen-bond donors (Lipinski definition) is 2. The molecule has 10 nitrogen and oxygen atoms in total. The number of hydrogen-bond acceptors (Lipinski definition) is 7. The summed E-state index contributed by atoms with van der Waals surface area (Å²) in [7, 11) is -3.19. The number of amides is 3. The molecule has 3 aromatic rings.